The smallest absolute Gasteiger partial charge is 0.310 e. The number of piperidine rings is 1. The molecule has 0 bridgehead atoms. The van der Waals surface area contributed by atoms with Crippen LogP contribution in [0.4, 0.5) is 0 Å². The highest BCUT2D eigenvalue weighted by Crippen LogP contribution is 2.31. The first-order valence-electron chi connectivity index (χ1n) is 8.50. The minimum Gasteiger partial charge on any atom is -0.463 e. The molecule has 2 atom stereocenters. The lowest BCUT2D eigenvalue weighted by Crippen LogP contribution is -2.43. The number of hydrogen-bond acceptors (Lipinski definition) is 6. The fraction of sp³-hybridized carbons (Fsp3) is 0.688. The van der Waals surface area contributed by atoms with Gasteiger partial charge >= 0.3 is 5.97 Å². The minimum atomic E-state index is -3.55. The Hall–Kier alpha value is -0.480. The molecule has 25 heavy (non-hydrogen) atoms. The van der Waals surface area contributed by atoms with Crippen LogP contribution in [-0.4, -0.2) is 51.1 Å². The molecule has 0 spiro atoms. The van der Waals surface area contributed by atoms with Gasteiger partial charge in [-0.1, -0.05) is 0 Å². The molecule has 2 unspecified atom stereocenters. The van der Waals surface area contributed by atoms with Gasteiger partial charge in [-0.05, 0) is 60.2 Å². The van der Waals surface area contributed by atoms with Gasteiger partial charge in [0.05, 0.1) is 15.8 Å². The Morgan fingerprint density at radius 1 is 1.32 bits per heavy atom. The van der Waals surface area contributed by atoms with Crippen molar-refractivity contribution in [3.05, 3.63) is 15.9 Å². The normalized spacial score (nSPS) is 25.6. The van der Waals surface area contributed by atoms with Crippen molar-refractivity contribution < 1.29 is 22.7 Å². The van der Waals surface area contributed by atoms with E-state index in [1.807, 2.05) is 0 Å². The number of rotatable bonds is 5. The summed E-state index contributed by atoms with van der Waals surface area (Å²) in [6.07, 6.45) is 4.35. The van der Waals surface area contributed by atoms with E-state index < -0.39 is 15.9 Å². The largest absolute Gasteiger partial charge is 0.463 e. The fourth-order valence-corrected chi connectivity index (χ4v) is 6.84. The van der Waals surface area contributed by atoms with Gasteiger partial charge in [0.2, 0.25) is 0 Å². The van der Waals surface area contributed by atoms with Crippen LogP contribution in [0, 0.1) is 5.92 Å². The highest BCUT2D eigenvalue weighted by Gasteiger charge is 2.35. The molecule has 2 saturated heterocycles. The minimum absolute atomic E-state index is 0.0235. The molecule has 0 amide bonds. The van der Waals surface area contributed by atoms with Crippen molar-refractivity contribution in [2.75, 3.05) is 26.3 Å². The lowest BCUT2D eigenvalue weighted by molar-refractivity contribution is -0.155. The number of carbonyl (C=O) groups excluding carboxylic acids is 1. The van der Waals surface area contributed by atoms with Crippen LogP contribution < -0.4 is 0 Å². The summed E-state index contributed by atoms with van der Waals surface area (Å²) in [6, 6.07) is 3.31. The molecule has 6 nitrogen and oxygen atoms in total. The van der Waals surface area contributed by atoms with E-state index in [2.05, 4.69) is 15.9 Å². The second-order valence-corrected chi connectivity index (χ2v) is 11.0. The van der Waals surface area contributed by atoms with E-state index in [9.17, 15) is 13.2 Å². The summed E-state index contributed by atoms with van der Waals surface area (Å²) in [5, 5.41) is 0. The standard InChI is InChI=1S/C16H22BrNO5S2/c17-14-6-7-15(24-14)25(20,21)18-8-3-4-12(10-18)16(19)23-11-13-5-1-2-9-22-13/h6-7,12-13H,1-5,8-11H2. The molecule has 3 heterocycles. The van der Waals surface area contributed by atoms with Crippen LogP contribution in [0.1, 0.15) is 32.1 Å². The van der Waals surface area contributed by atoms with Crippen LogP contribution in [-0.2, 0) is 24.3 Å². The van der Waals surface area contributed by atoms with Crippen LogP contribution in [0.5, 0.6) is 0 Å². The summed E-state index contributed by atoms with van der Waals surface area (Å²) < 4.78 is 38.9. The maximum Gasteiger partial charge on any atom is 0.310 e. The van der Waals surface area contributed by atoms with Gasteiger partial charge in [0.1, 0.15) is 10.8 Å². The van der Waals surface area contributed by atoms with E-state index in [4.69, 9.17) is 9.47 Å². The molecule has 140 valence electrons. The Balaban J connectivity index is 1.57. The first-order chi connectivity index (χ1) is 12.0. The number of thiophene rings is 1. The fourth-order valence-electron chi connectivity index (χ4n) is 3.15. The molecule has 9 heteroatoms. The van der Waals surface area contributed by atoms with E-state index in [-0.39, 0.29) is 25.2 Å². The SMILES string of the molecule is O=C(OCC1CCCCO1)C1CCCN(S(=O)(=O)c2ccc(Br)s2)C1. The van der Waals surface area contributed by atoms with E-state index in [1.54, 1.807) is 12.1 Å². The van der Waals surface area contributed by atoms with Crippen molar-refractivity contribution in [3.63, 3.8) is 0 Å². The highest BCUT2D eigenvalue weighted by atomic mass is 79.9. The average molecular weight is 452 g/mol. The summed E-state index contributed by atoms with van der Waals surface area (Å²) in [5.74, 6) is -0.725. The summed E-state index contributed by atoms with van der Waals surface area (Å²) in [6.45, 7) is 1.60. The topological polar surface area (TPSA) is 72.9 Å². The number of halogens is 1. The van der Waals surface area contributed by atoms with Gasteiger partial charge in [-0.3, -0.25) is 4.79 Å². The first-order valence-corrected chi connectivity index (χ1v) is 11.6. The van der Waals surface area contributed by atoms with E-state index >= 15 is 0 Å². The molecule has 2 aliphatic rings. The summed E-state index contributed by atoms with van der Waals surface area (Å²) in [5.41, 5.74) is 0. The average Bonchev–Trinajstić information content (AvgIpc) is 3.08. The van der Waals surface area contributed by atoms with Crippen LogP contribution >= 0.6 is 27.3 Å². The zero-order valence-electron chi connectivity index (χ0n) is 13.9. The molecule has 0 aromatic carbocycles. The number of nitrogens with zero attached hydrogens (tertiary/aromatic N) is 1. The van der Waals surface area contributed by atoms with Gasteiger partial charge in [-0.2, -0.15) is 4.31 Å². The summed E-state index contributed by atoms with van der Waals surface area (Å²) in [4.78, 5) is 12.3. The van der Waals surface area contributed by atoms with Crippen molar-refractivity contribution >= 4 is 43.3 Å². The molecule has 2 fully saturated rings. The van der Waals surface area contributed by atoms with E-state index in [0.29, 0.717) is 30.2 Å². The Bertz CT molecular complexity index is 699. The number of hydrogen-bond donors (Lipinski definition) is 0. The van der Waals surface area contributed by atoms with Gasteiger partial charge < -0.3 is 9.47 Å². The van der Waals surface area contributed by atoms with Crippen LogP contribution in [0.3, 0.4) is 0 Å². The molecule has 3 rings (SSSR count). The van der Waals surface area contributed by atoms with Gasteiger partial charge in [-0.25, -0.2) is 8.42 Å². The molecular weight excluding hydrogens is 430 g/mol. The number of carbonyl (C=O) groups is 1. The van der Waals surface area contributed by atoms with Crippen LogP contribution in [0.25, 0.3) is 0 Å². The second-order valence-electron chi connectivity index (χ2n) is 6.38. The van der Waals surface area contributed by atoms with Gasteiger partial charge in [0, 0.05) is 19.7 Å². The van der Waals surface area contributed by atoms with E-state index in [0.717, 1.165) is 23.0 Å². The van der Waals surface area contributed by atoms with Crippen molar-refractivity contribution in [1.29, 1.82) is 0 Å². The first kappa shape index (κ1) is 19.3. The Morgan fingerprint density at radius 3 is 2.84 bits per heavy atom. The number of sulfonamides is 1. The maximum absolute atomic E-state index is 12.7. The molecule has 1 aromatic heterocycles. The monoisotopic (exact) mass is 451 g/mol. The van der Waals surface area contributed by atoms with Crippen molar-refractivity contribution in [2.24, 2.45) is 5.92 Å². The van der Waals surface area contributed by atoms with E-state index in [1.165, 1.54) is 15.6 Å². The molecule has 0 radical (unpaired) electrons. The van der Waals surface area contributed by atoms with Crippen molar-refractivity contribution in [2.45, 2.75) is 42.4 Å². The third-order valence-corrected chi connectivity index (χ3v) is 8.50. The molecule has 1 aromatic rings. The molecule has 2 aliphatic heterocycles. The Labute approximate surface area is 160 Å². The third kappa shape index (κ3) is 4.82. The number of esters is 1. The van der Waals surface area contributed by atoms with Crippen molar-refractivity contribution in [3.8, 4) is 0 Å². The Kier molecular flexibility index (Phi) is 6.54. The quantitative estimate of drug-likeness (QED) is 0.643. The molecule has 0 saturated carbocycles. The predicted octanol–water partition coefficient (Wildman–Crippen LogP) is 3.02. The third-order valence-electron chi connectivity index (χ3n) is 4.55. The zero-order chi connectivity index (χ0) is 17.9. The van der Waals surface area contributed by atoms with Crippen LogP contribution in [0.15, 0.2) is 20.1 Å². The van der Waals surface area contributed by atoms with Crippen molar-refractivity contribution in [1.82, 2.24) is 4.31 Å². The predicted molar refractivity (Wildman–Crippen MR) is 98.1 cm³/mol. The van der Waals surface area contributed by atoms with Gasteiger partial charge in [-0.15, -0.1) is 11.3 Å². The lowest BCUT2D eigenvalue weighted by atomic mass is 10.00. The van der Waals surface area contributed by atoms with Crippen LogP contribution in [0.2, 0.25) is 0 Å². The van der Waals surface area contributed by atoms with Gasteiger partial charge in [0.15, 0.2) is 0 Å². The zero-order valence-corrected chi connectivity index (χ0v) is 17.1. The summed E-state index contributed by atoms with van der Waals surface area (Å²) in [7, 11) is -3.55. The molecule has 0 aliphatic carbocycles. The van der Waals surface area contributed by atoms with Gasteiger partial charge in [0.25, 0.3) is 10.0 Å². The lowest BCUT2D eigenvalue weighted by Gasteiger charge is -2.31. The molecular formula is C16H22BrNO5S2. The molecule has 0 N–H and O–H groups in total. The Morgan fingerprint density at radius 2 is 2.16 bits per heavy atom. The summed E-state index contributed by atoms with van der Waals surface area (Å²) >= 11 is 4.47. The second kappa shape index (κ2) is 8.47. The maximum atomic E-state index is 12.7. The highest BCUT2D eigenvalue weighted by molar-refractivity contribution is 9.11. The number of ether oxygens (including phenoxy) is 2.